The Hall–Kier alpha value is -1.12. The molecule has 0 radical (unpaired) electrons. The minimum absolute atomic E-state index is 0.0567. The van der Waals surface area contributed by atoms with Crippen LogP contribution in [0.2, 0.25) is 0 Å². The lowest BCUT2D eigenvalue weighted by Crippen LogP contribution is -2.54. The van der Waals surface area contributed by atoms with E-state index in [0.717, 1.165) is 38.0 Å². The molecule has 0 unspecified atom stereocenters. The molecule has 4 fully saturated rings. The molecule has 0 aromatic carbocycles. The summed E-state index contributed by atoms with van der Waals surface area (Å²) in [6.07, 6.45) is 15.4. The maximum absolute atomic E-state index is 12.8. The second-order valence-corrected chi connectivity index (χ2v) is 12.2. The Morgan fingerprint density at radius 2 is 1.84 bits per heavy atom. The van der Waals surface area contributed by atoms with Crippen LogP contribution >= 0.6 is 0 Å². The molecule has 172 valence electrons. The van der Waals surface area contributed by atoms with E-state index in [4.69, 9.17) is 4.74 Å². The molecule has 0 aliphatic heterocycles. The Bertz CT molecular complexity index is 747. The summed E-state index contributed by atoms with van der Waals surface area (Å²) in [5.41, 5.74) is 1.58. The molecule has 3 heteroatoms. The highest BCUT2D eigenvalue weighted by Crippen LogP contribution is 2.65. The molecule has 0 bridgehead atoms. The van der Waals surface area contributed by atoms with Gasteiger partial charge in [0.05, 0.1) is 0 Å². The topological polar surface area (TPSA) is 43.4 Å². The van der Waals surface area contributed by atoms with Crippen molar-refractivity contribution in [2.45, 2.75) is 104 Å². The molecule has 8 atom stereocenters. The molecule has 0 amide bonds. The van der Waals surface area contributed by atoms with Crippen LogP contribution in [0.3, 0.4) is 0 Å². The van der Waals surface area contributed by atoms with Crippen molar-refractivity contribution in [2.75, 3.05) is 0 Å². The number of rotatable bonds is 4. The van der Waals surface area contributed by atoms with Gasteiger partial charge >= 0.3 is 5.97 Å². The summed E-state index contributed by atoms with van der Waals surface area (Å²) in [5, 5.41) is 0. The van der Waals surface area contributed by atoms with E-state index >= 15 is 0 Å². The van der Waals surface area contributed by atoms with Gasteiger partial charge < -0.3 is 4.74 Å². The third-order valence-corrected chi connectivity index (χ3v) is 10.4. The Balaban J connectivity index is 1.30. The number of fused-ring (bicyclic) bond motifs is 5. The van der Waals surface area contributed by atoms with E-state index in [1.54, 1.807) is 0 Å². The number of hydrogen-bond acceptors (Lipinski definition) is 3. The van der Waals surface area contributed by atoms with Crippen LogP contribution in [0.5, 0.6) is 0 Å². The number of ketones is 1. The number of esters is 1. The summed E-state index contributed by atoms with van der Waals surface area (Å²) in [4.78, 5) is 24.8. The summed E-state index contributed by atoms with van der Waals surface area (Å²) in [7, 11) is 0. The highest BCUT2D eigenvalue weighted by atomic mass is 16.5. The molecular weight excluding hydrogens is 384 g/mol. The van der Waals surface area contributed by atoms with Gasteiger partial charge in [0.1, 0.15) is 6.10 Å². The van der Waals surface area contributed by atoms with Gasteiger partial charge in [0, 0.05) is 18.3 Å². The summed E-state index contributed by atoms with van der Waals surface area (Å²) >= 11 is 0. The minimum Gasteiger partial charge on any atom is -0.462 e. The molecule has 0 heterocycles. The second-order valence-electron chi connectivity index (χ2n) is 12.2. The molecular formula is C28H42O3. The number of carbonyl (C=O) groups excluding carboxylic acids is 2. The lowest BCUT2D eigenvalue weighted by Gasteiger charge is -2.58. The summed E-state index contributed by atoms with van der Waals surface area (Å²) in [6, 6.07) is 0. The van der Waals surface area contributed by atoms with Gasteiger partial charge in [-0.15, -0.1) is 0 Å². The molecule has 0 aromatic heterocycles. The van der Waals surface area contributed by atoms with Crippen molar-refractivity contribution in [1.82, 2.24) is 0 Å². The summed E-state index contributed by atoms with van der Waals surface area (Å²) in [6.45, 7) is 7.31. The molecule has 5 aliphatic carbocycles. The zero-order valence-electron chi connectivity index (χ0n) is 19.9. The number of hydrogen-bond donors (Lipinski definition) is 0. The van der Waals surface area contributed by atoms with Crippen LogP contribution in [-0.2, 0) is 14.3 Å². The number of carbonyl (C=O) groups is 2. The van der Waals surface area contributed by atoms with E-state index in [0.29, 0.717) is 47.7 Å². The van der Waals surface area contributed by atoms with Crippen molar-refractivity contribution < 1.29 is 14.3 Å². The third-order valence-electron chi connectivity index (χ3n) is 10.4. The van der Waals surface area contributed by atoms with Crippen LogP contribution in [0.4, 0.5) is 0 Å². The fraction of sp³-hybridized carbons (Fsp3) is 0.857. The molecule has 4 saturated carbocycles. The predicted molar refractivity (Wildman–Crippen MR) is 122 cm³/mol. The van der Waals surface area contributed by atoms with Gasteiger partial charge in [-0.05, 0) is 86.0 Å². The fourth-order valence-corrected chi connectivity index (χ4v) is 9.12. The zero-order valence-corrected chi connectivity index (χ0v) is 19.9. The van der Waals surface area contributed by atoms with Crippen molar-refractivity contribution in [3.8, 4) is 0 Å². The largest absolute Gasteiger partial charge is 0.462 e. The Labute approximate surface area is 188 Å². The van der Waals surface area contributed by atoms with Gasteiger partial charge in [0.15, 0.2) is 5.78 Å². The molecule has 5 rings (SSSR count). The van der Waals surface area contributed by atoms with E-state index < -0.39 is 0 Å². The van der Waals surface area contributed by atoms with Gasteiger partial charge in [0.2, 0.25) is 0 Å². The van der Waals surface area contributed by atoms with E-state index in [2.05, 4.69) is 20.8 Å². The van der Waals surface area contributed by atoms with E-state index in [1.165, 1.54) is 44.1 Å². The lowest BCUT2D eigenvalue weighted by atomic mass is 9.47. The van der Waals surface area contributed by atoms with Crippen LogP contribution in [0.1, 0.15) is 97.8 Å². The first kappa shape index (κ1) is 21.7. The first-order valence-corrected chi connectivity index (χ1v) is 13.3. The summed E-state index contributed by atoms with van der Waals surface area (Å²) < 4.78 is 6.23. The Morgan fingerprint density at radius 3 is 2.61 bits per heavy atom. The first-order chi connectivity index (χ1) is 14.9. The maximum atomic E-state index is 12.8. The quantitative estimate of drug-likeness (QED) is 0.482. The van der Waals surface area contributed by atoms with Crippen molar-refractivity contribution in [2.24, 2.45) is 46.8 Å². The second kappa shape index (κ2) is 8.34. The molecule has 5 aliphatic rings. The fourth-order valence-electron chi connectivity index (χ4n) is 9.12. The summed E-state index contributed by atoms with van der Waals surface area (Å²) in [5.74, 6) is 5.11. The molecule has 31 heavy (non-hydrogen) atoms. The first-order valence-electron chi connectivity index (χ1n) is 13.3. The molecule has 3 nitrogen and oxygen atoms in total. The SMILES string of the molecule is C[C@@H]1CC2=CC(=O)CC[C@@H]2[C@@H]2[C@@H]1[C@@H]1CC[C@H](OC(=O)CCC3CCCC3)[C@@]1(C)C[C@@H]2C. The number of ether oxygens (including phenoxy) is 1. The normalized spacial score (nSPS) is 44.9. The van der Waals surface area contributed by atoms with Crippen molar-refractivity contribution in [3.05, 3.63) is 11.6 Å². The van der Waals surface area contributed by atoms with Gasteiger partial charge in [-0.3, -0.25) is 9.59 Å². The minimum atomic E-state index is 0.0567. The van der Waals surface area contributed by atoms with Gasteiger partial charge in [-0.25, -0.2) is 0 Å². The van der Waals surface area contributed by atoms with Crippen LogP contribution < -0.4 is 0 Å². The van der Waals surface area contributed by atoms with Gasteiger partial charge in [0.25, 0.3) is 0 Å². The van der Waals surface area contributed by atoms with Crippen molar-refractivity contribution in [3.63, 3.8) is 0 Å². The lowest BCUT2D eigenvalue weighted by molar-refractivity contribution is -0.163. The average molecular weight is 427 g/mol. The van der Waals surface area contributed by atoms with Crippen LogP contribution in [0.25, 0.3) is 0 Å². The monoisotopic (exact) mass is 426 g/mol. The van der Waals surface area contributed by atoms with Crippen molar-refractivity contribution >= 4 is 11.8 Å². The zero-order chi connectivity index (χ0) is 21.8. The third kappa shape index (κ3) is 3.82. The smallest absolute Gasteiger partial charge is 0.306 e. The van der Waals surface area contributed by atoms with Crippen LogP contribution in [0.15, 0.2) is 11.6 Å². The number of allylic oxidation sites excluding steroid dienone is 1. The van der Waals surface area contributed by atoms with Gasteiger partial charge in [-0.2, -0.15) is 0 Å². The standard InChI is InChI=1S/C28H42O3/c1-17-14-20-15-21(29)9-10-22(20)26-18(2)16-28(3)23(27(17)26)11-12-24(28)31-25(30)13-8-19-6-4-5-7-19/h15,17-19,22-24,26-27H,4-14,16H2,1-3H3/t17-,18+,22+,23+,24+,26-,27+,28+/m1/s1. The predicted octanol–water partition coefficient (Wildman–Crippen LogP) is 6.50. The Kier molecular flexibility index (Phi) is 5.84. The average Bonchev–Trinajstić information content (AvgIpc) is 3.34. The van der Waals surface area contributed by atoms with Gasteiger partial charge in [-0.1, -0.05) is 52.0 Å². The van der Waals surface area contributed by atoms with E-state index in [-0.39, 0.29) is 17.5 Å². The molecule has 0 spiro atoms. The highest BCUT2D eigenvalue weighted by Gasteiger charge is 2.61. The van der Waals surface area contributed by atoms with E-state index in [1.807, 2.05) is 6.08 Å². The molecule has 0 saturated heterocycles. The highest BCUT2D eigenvalue weighted by molar-refractivity contribution is 5.91. The Morgan fingerprint density at radius 1 is 1.06 bits per heavy atom. The van der Waals surface area contributed by atoms with Crippen LogP contribution in [-0.4, -0.2) is 17.9 Å². The molecule has 0 N–H and O–H groups in total. The van der Waals surface area contributed by atoms with E-state index in [9.17, 15) is 9.59 Å². The van der Waals surface area contributed by atoms with Crippen LogP contribution in [0, 0.1) is 46.8 Å². The molecule has 0 aromatic rings. The van der Waals surface area contributed by atoms with Crippen molar-refractivity contribution in [1.29, 1.82) is 0 Å². The maximum Gasteiger partial charge on any atom is 0.306 e.